The Labute approximate surface area is 751 Å². The van der Waals surface area contributed by atoms with Crippen LogP contribution in [-0.2, 0) is 17.6 Å². The molecule has 12 aromatic carbocycles. The minimum absolute atomic E-state index is 0.132. The molecule has 0 radical (unpaired) electrons. The highest BCUT2D eigenvalue weighted by Gasteiger charge is 2.42. The lowest BCUT2D eigenvalue weighted by Gasteiger charge is -2.36. The zero-order chi connectivity index (χ0) is 91.6. The fourth-order valence-electron chi connectivity index (χ4n) is 14.5. The third kappa shape index (κ3) is 20.6. The second kappa shape index (κ2) is 40.6. The number of para-hydroxylation sites is 5. The van der Waals surface area contributed by atoms with Gasteiger partial charge in [0.15, 0.2) is 18.1 Å². The van der Waals surface area contributed by atoms with Gasteiger partial charge in [-0.2, -0.15) is 0 Å². The molecule has 5 saturated heterocycles. The number of aryl methyl sites for hydroxylation is 5. The lowest BCUT2D eigenvalue weighted by molar-refractivity contribution is -0.132. The van der Waals surface area contributed by atoms with Crippen molar-refractivity contribution in [2.75, 3.05) is 66.0 Å². The second-order valence-electron chi connectivity index (χ2n) is 29.9. The van der Waals surface area contributed by atoms with Crippen LogP contribution < -0.4 is 88.9 Å². The number of urea groups is 8. The van der Waals surface area contributed by atoms with Crippen molar-refractivity contribution in [2.45, 2.75) is 60.3 Å². The number of imide groups is 4. The van der Waals surface area contributed by atoms with Crippen molar-refractivity contribution >= 4 is 99.7 Å². The number of benzene rings is 12. The number of hydrogen-bond donors (Lipinski definition) is 4. The highest BCUT2D eigenvalue weighted by molar-refractivity contribution is 6.26. The lowest BCUT2D eigenvalue weighted by atomic mass is 10.1. The van der Waals surface area contributed by atoms with Crippen LogP contribution in [0, 0.1) is 20.8 Å². The predicted molar refractivity (Wildman–Crippen MR) is 501 cm³/mol. The standard InChI is InChI=1S/C29H28N4O5.C25H23N3O3.C24H21N3O4.C24H21N3O3/c1-20-9-8-10-22(17-20)32-21(2)30-28(35)33(29(32)36)23-13-14-25(38-24-11-4-3-5-12-24)26(18-23)37-19-27(34)31-15-6-7-16-31;1-4-19-16-21(13-14-23(19)31-22-11-6-5-7-12-22)28-24(29)26-18(3)27(25(28)30)20-10-8-9-17(2)15-20;1-16-15-19(11-14-22(16)31-21-7-5-4-6-8-21)27-23(28)25-17(2)26(24(27)29)18-9-12-20(30-3)13-10-18;1-3-18-16-20(14-15-22(18)30-21-12-8-5-9-13-21)27-23(28)25-17(2)26(24(27)29)19-10-6-4-7-11-19/h3-5,8-14,17-18H,2,6-7,15-16,19H2,1H3,(H,30,35);5-16H,3-4H2,1-2H3,(H,26,29);4-15H,2H2,1,3H3,(H,25,28);4-16H,2-3H2,1H3,(H,25,28). The lowest BCUT2D eigenvalue weighted by Crippen LogP contribution is -2.58. The molecule has 0 spiro atoms. The fraction of sp³-hybridized carbons (Fsp3) is 0.127. The Kier molecular flexibility index (Phi) is 27.9. The first-order valence-corrected chi connectivity index (χ1v) is 41.7. The molecule has 17 amide bonds. The molecule has 28 nitrogen and oxygen atoms in total. The molecule has 5 aliphatic rings. The maximum atomic E-state index is 13.6. The van der Waals surface area contributed by atoms with Crippen molar-refractivity contribution in [1.29, 1.82) is 0 Å². The monoisotopic (exact) mass is 1740 g/mol. The minimum Gasteiger partial charge on any atom is -0.497 e. The van der Waals surface area contributed by atoms with Crippen molar-refractivity contribution < 1.29 is 71.6 Å². The molecule has 0 saturated carbocycles. The Morgan fingerprint density at radius 1 is 0.308 bits per heavy atom. The Bertz CT molecular complexity index is 6300. The predicted octanol–water partition coefficient (Wildman–Crippen LogP) is 22.5. The topological polar surface area (TPSA) is 286 Å². The number of ether oxygens (including phenoxy) is 6. The quantitative estimate of drug-likeness (QED) is 0.0491. The number of carbonyl (C=O) groups is 9. The van der Waals surface area contributed by atoms with Crippen LogP contribution in [0.5, 0.6) is 57.5 Å². The first kappa shape index (κ1) is 89.1. The smallest absolute Gasteiger partial charge is 0.343 e. The van der Waals surface area contributed by atoms with E-state index >= 15 is 0 Å². The van der Waals surface area contributed by atoms with E-state index in [0.717, 1.165) is 71.8 Å². The van der Waals surface area contributed by atoms with E-state index in [1.807, 2.05) is 198 Å². The first-order chi connectivity index (χ1) is 62.9. The number of anilines is 8. The molecule has 0 aliphatic carbocycles. The summed E-state index contributed by atoms with van der Waals surface area (Å²) in [5, 5.41) is 10.6. The molecule has 12 aromatic rings. The largest absolute Gasteiger partial charge is 0.497 e. The van der Waals surface area contributed by atoms with Crippen LogP contribution in [-0.4, -0.2) is 85.9 Å². The second-order valence-corrected chi connectivity index (χ2v) is 29.9. The molecule has 4 N–H and O–H groups in total. The molecule has 130 heavy (non-hydrogen) atoms. The van der Waals surface area contributed by atoms with Crippen molar-refractivity contribution in [1.82, 2.24) is 26.2 Å². The molecule has 656 valence electrons. The molecule has 28 heteroatoms. The van der Waals surface area contributed by atoms with Crippen molar-refractivity contribution in [2.24, 2.45) is 0 Å². The summed E-state index contributed by atoms with van der Waals surface area (Å²) >= 11 is 0. The summed E-state index contributed by atoms with van der Waals surface area (Å²) in [7, 11) is 1.56. The SMILES string of the molecule is C=C1NC(=O)N(c2ccc(Oc3ccccc3)c(C)c2)C(=O)N1c1ccc(OC)cc1.C=C1NC(=O)N(c2ccc(Oc3ccccc3)c(CC)c2)C(=O)N1c1cccc(C)c1.C=C1NC(=O)N(c2ccc(Oc3ccccc3)c(CC)c2)C(=O)N1c1ccccc1.C=C1NC(=O)N(c2ccc(Oc3ccccc3)c(OCC(=O)N3CCCC3)c2)C(=O)N1c1cccc(C)c1. The van der Waals surface area contributed by atoms with Gasteiger partial charge in [-0.1, -0.05) is 155 Å². The van der Waals surface area contributed by atoms with E-state index in [1.54, 1.807) is 139 Å². The third-order valence-corrected chi connectivity index (χ3v) is 21.0. The Morgan fingerprint density at radius 2 is 0.608 bits per heavy atom. The molecule has 5 heterocycles. The average molecular weight is 1740 g/mol. The maximum Gasteiger partial charge on any atom is 0.343 e. The molecule has 17 rings (SSSR count). The summed E-state index contributed by atoms with van der Waals surface area (Å²) in [6.45, 7) is 26.3. The van der Waals surface area contributed by atoms with E-state index in [2.05, 4.69) is 47.6 Å². The zero-order valence-electron chi connectivity index (χ0n) is 72.2. The van der Waals surface area contributed by atoms with Crippen molar-refractivity contribution in [3.8, 4) is 57.5 Å². The van der Waals surface area contributed by atoms with Crippen molar-refractivity contribution in [3.05, 3.63) is 375 Å². The molecule has 5 fully saturated rings. The number of hydrogen-bond acceptors (Lipinski definition) is 15. The number of methoxy groups -OCH3 is 1. The molecular formula is C102H93N13O15. The van der Waals surface area contributed by atoms with Gasteiger partial charge in [-0.15, -0.1) is 0 Å². The van der Waals surface area contributed by atoms with Crippen LogP contribution in [0.2, 0.25) is 0 Å². The van der Waals surface area contributed by atoms with Crippen LogP contribution in [0.25, 0.3) is 0 Å². The van der Waals surface area contributed by atoms with Crippen LogP contribution in [0.3, 0.4) is 0 Å². The normalized spacial score (nSPS) is 14.4. The van der Waals surface area contributed by atoms with Crippen molar-refractivity contribution in [3.63, 3.8) is 0 Å². The van der Waals surface area contributed by atoms with Gasteiger partial charge >= 0.3 is 48.2 Å². The summed E-state index contributed by atoms with van der Waals surface area (Å²) in [5.41, 5.74) is 8.48. The first-order valence-electron chi connectivity index (χ1n) is 41.7. The summed E-state index contributed by atoms with van der Waals surface area (Å²) in [5.74, 6) is 6.58. The van der Waals surface area contributed by atoms with Gasteiger partial charge in [0.05, 0.1) is 52.6 Å². The summed E-state index contributed by atoms with van der Waals surface area (Å²) in [6.07, 6.45) is 3.29. The molecule has 0 aromatic heterocycles. The van der Waals surface area contributed by atoms with Crippen LogP contribution in [0.4, 0.5) is 83.9 Å². The van der Waals surface area contributed by atoms with Crippen LogP contribution in [0.15, 0.2) is 347 Å². The van der Waals surface area contributed by atoms with Gasteiger partial charge in [-0.3, -0.25) is 26.1 Å². The fourth-order valence-corrected chi connectivity index (χ4v) is 14.5. The molecule has 5 aliphatic heterocycles. The number of carbonyl (C=O) groups excluding carboxylic acids is 9. The number of nitrogens with zero attached hydrogens (tertiary/aromatic N) is 9. The van der Waals surface area contributed by atoms with Gasteiger partial charge in [0, 0.05) is 19.2 Å². The van der Waals surface area contributed by atoms with E-state index in [0.29, 0.717) is 106 Å². The Morgan fingerprint density at radius 3 is 0.969 bits per heavy atom. The van der Waals surface area contributed by atoms with Gasteiger partial charge in [0.2, 0.25) is 0 Å². The van der Waals surface area contributed by atoms with E-state index < -0.39 is 48.2 Å². The summed E-state index contributed by atoms with van der Waals surface area (Å²) in [6, 6.07) is 84.2. The van der Waals surface area contributed by atoms with Gasteiger partial charge in [-0.25, -0.2) is 77.6 Å². The number of nitrogens with one attached hydrogen (secondary N) is 4. The van der Waals surface area contributed by atoms with E-state index in [1.165, 1.54) is 25.7 Å². The van der Waals surface area contributed by atoms with Gasteiger partial charge in [0.1, 0.15) is 69.3 Å². The zero-order valence-corrected chi connectivity index (χ0v) is 72.2. The minimum atomic E-state index is -0.653. The van der Waals surface area contributed by atoms with E-state index in [9.17, 15) is 43.2 Å². The summed E-state index contributed by atoms with van der Waals surface area (Å²) < 4.78 is 34.9. The third-order valence-electron chi connectivity index (χ3n) is 21.0. The van der Waals surface area contributed by atoms with Crippen LogP contribution in [0.1, 0.15) is 54.5 Å². The average Bonchev–Trinajstić information content (AvgIpc) is 1.10. The Hall–Kier alpha value is -17.2. The molecule has 0 unspecified atom stereocenters. The van der Waals surface area contributed by atoms with Gasteiger partial charge in [0.25, 0.3) is 5.91 Å². The van der Waals surface area contributed by atoms with Crippen LogP contribution >= 0.6 is 0 Å². The molecule has 0 bridgehead atoms. The molecule has 0 atom stereocenters. The van der Waals surface area contributed by atoms with Gasteiger partial charge in [-0.05, 0) is 250 Å². The number of rotatable bonds is 22. The Balaban J connectivity index is 0.000000140. The number of likely N-dealkylation sites (tertiary alicyclic amines) is 1. The summed E-state index contributed by atoms with van der Waals surface area (Å²) in [4.78, 5) is 128. The molecular weight excluding hydrogens is 1650 g/mol. The van der Waals surface area contributed by atoms with E-state index in [4.69, 9.17) is 28.4 Å². The highest BCUT2D eigenvalue weighted by atomic mass is 16.5. The van der Waals surface area contributed by atoms with Gasteiger partial charge < -0.3 is 33.3 Å². The highest BCUT2D eigenvalue weighted by Crippen LogP contribution is 2.41. The number of amides is 17. The maximum absolute atomic E-state index is 13.6. The van der Waals surface area contributed by atoms with E-state index in [-0.39, 0.29) is 47.2 Å².